The van der Waals surface area contributed by atoms with E-state index in [0.717, 1.165) is 50.2 Å². The molecule has 2 aliphatic heterocycles. The maximum Gasteiger partial charge on any atom is 0.118 e. The summed E-state index contributed by atoms with van der Waals surface area (Å²) in [7, 11) is 0. The quantitative estimate of drug-likeness (QED) is 0.536. The van der Waals surface area contributed by atoms with Crippen molar-refractivity contribution in [1.29, 1.82) is 0 Å². The maximum absolute atomic E-state index is 14.9. The van der Waals surface area contributed by atoms with E-state index in [4.69, 9.17) is 4.74 Å². The van der Waals surface area contributed by atoms with Gasteiger partial charge >= 0.3 is 0 Å². The highest BCUT2D eigenvalue weighted by Gasteiger charge is 2.39. The zero-order valence-corrected chi connectivity index (χ0v) is 20.6. The second-order valence-corrected chi connectivity index (χ2v) is 10.9. The molecule has 34 heavy (non-hydrogen) atoms. The van der Waals surface area contributed by atoms with E-state index >= 15 is 0 Å². The Bertz CT molecular complexity index is 1080. The van der Waals surface area contributed by atoms with Gasteiger partial charge in [-0.25, -0.2) is 4.39 Å². The van der Waals surface area contributed by atoms with E-state index in [0.29, 0.717) is 13.2 Å². The molecule has 1 saturated heterocycles. The van der Waals surface area contributed by atoms with Gasteiger partial charge < -0.3 is 9.72 Å². The van der Waals surface area contributed by atoms with Crippen molar-refractivity contribution in [2.75, 3.05) is 39.5 Å². The summed E-state index contributed by atoms with van der Waals surface area (Å²) < 4.78 is 33.5. The Kier molecular flexibility index (Phi) is 6.56. The molecule has 0 saturated carbocycles. The van der Waals surface area contributed by atoms with Crippen LogP contribution in [0.4, 0.5) is 8.78 Å². The van der Waals surface area contributed by atoms with Gasteiger partial charge in [-0.3, -0.25) is 14.2 Å². The van der Waals surface area contributed by atoms with Crippen molar-refractivity contribution in [1.82, 2.24) is 14.8 Å². The fourth-order valence-electron chi connectivity index (χ4n) is 5.83. The molecule has 3 heterocycles. The first-order valence-corrected chi connectivity index (χ1v) is 12.7. The fourth-order valence-corrected chi connectivity index (χ4v) is 5.83. The number of para-hydroxylation sites is 1. The Balaban J connectivity index is 1.36. The summed E-state index contributed by atoms with van der Waals surface area (Å²) in [6.07, 6.45) is 6.96. The molecule has 0 unspecified atom stereocenters. The van der Waals surface area contributed by atoms with Gasteiger partial charge in [0.1, 0.15) is 12.3 Å². The third-order valence-electron chi connectivity index (χ3n) is 7.52. The molecule has 0 amide bonds. The average Bonchev–Trinajstić information content (AvgIpc) is 3.13. The summed E-state index contributed by atoms with van der Waals surface area (Å²) in [5, 5.41) is 1.28. The van der Waals surface area contributed by atoms with Crippen LogP contribution in [0.1, 0.15) is 50.9 Å². The highest BCUT2D eigenvalue weighted by atomic mass is 19.1. The van der Waals surface area contributed by atoms with Crippen LogP contribution in [0.2, 0.25) is 0 Å². The number of benzene rings is 1. The predicted octanol–water partition coefficient (Wildman–Crippen LogP) is 5.73. The van der Waals surface area contributed by atoms with Crippen molar-refractivity contribution >= 4 is 10.9 Å². The minimum Gasteiger partial charge on any atom is -0.497 e. The number of likely N-dealkylation sites (tertiary alicyclic amines) is 1. The number of nitrogens with zero attached hydrogens (tertiary/aromatic N) is 2. The van der Waals surface area contributed by atoms with Gasteiger partial charge in [0.05, 0.1) is 18.5 Å². The minimum atomic E-state index is -1.27. The normalized spacial score (nSPS) is 24.5. The topological polar surface area (TPSA) is 31.5 Å². The fraction of sp³-hybridized carbons (Fsp3) is 0.571. The number of nitrogens with one attached hydrogen (secondary N) is 1. The van der Waals surface area contributed by atoms with Crippen molar-refractivity contribution in [2.45, 2.75) is 57.8 Å². The molecule has 0 radical (unpaired) electrons. The van der Waals surface area contributed by atoms with Crippen molar-refractivity contribution < 1.29 is 13.5 Å². The molecule has 2 aromatic rings. The van der Waals surface area contributed by atoms with Crippen molar-refractivity contribution in [3.05, 3.63) is 59.0 Å². The van der Waals surface area contributed by atoms with E-state index in [1.54, 1.807) is 13.8 Å². The molecule has 6 heteroatoms. The Morgan fingerprint density at radius 1 is 1.15 bits per heavy atom. The second-order valence-electron chi connectivity index (χ2n) is 10.9. The number of halogens is 2. The summed E-state index contributed by atoms with van der Waals surface area (Å²) in [5.74, 6) is 1.22. The predicted molar refractivity (Wildman–Crippen MR) is 133 cm³/mol. The van der Waals surface area contributed by atoms with Crippen LogP contribution in [-0.4, -0.2) is 66.0 Å². The van der Waals surface area contributed by atoms with E-state index in [2.05, 4.69) is 58.1 Å². The number of ether oxygens (including phenoxy) is 1. The van der Waals surface area contributed by atoms with Gasteiger partial charge in [0.2, 0.25) is 0 Å². The molecule has 3 aliphatic rings. The van der Waals surface area contributed by atoms with Gasteiger partial charge in [-0.2, -0.15) is 0 Å². The van der Waals surface area contributed by atoms with Gasteiger partial charge in [-0.05, 0) is 56.9 Å². The molecule has 1 aromatic carbocycles. The van der Waals surface area contributed by atoms with Crippen LogP contribution >= 0.6 is 0 Å². The molecule has 1 aliphatic carbocycles. The molecule has 1 fully saturated rings. The van der Waals surface area contributed by atoms with Gasteiger partial charge in [-0.15, -0.1) is 0 Å². The van der Waals surface area contributed by atoms with E-state index < -0.39 is 5.67 Å². The first kappa shape index (κ1) is 23.6. The molecule has 1 N–H and O–H groups in total. The minimum absolute atomic E-state index is 0.0395. The highest BCUT2D eigenvalue weighted by molar-refractivity contribution is 5.85. The number of H-pyrrole nitrogens is 1. The number of hydrogen-bond donors (Lipinski definition) is 1. The Hall–Kier alpha value is -2.18. The van der Waals surface area contributed by atoms with E-state index in [9.17, 15) is 8.78 Å². The van der Waals surface area contributed by atoms with Crippen molar-refractivity contribution in [2.24, 2.45) is 5.92 Å². The van der Waals surface area contributed by atoms with Gasteiger partial charge in [0, 0.05) is 61.2 Å². The van der Waals surface area contributed by atoms with Crippen molar-refractivity contribution in [3.63, 3.8) is 0 Å². The van der Waals surface area contributed by atoms with E-state index in [1.807, 2.05) is 0 Å². The molecule has 2 atom stereocenters. The van der Waals surface area contributed by atoms with Crippen LogP contribution in [0.3, 0.4) is 0 Å². The third-order valence-corrected chi connectivity index (χ3v) is 7.52. The molecule has 184 valence electrons. The Morgan fingerprint density at radius 3 is 2.65 bits per heavy atom. The number of hydrogen-bond acceptors (Lipinski definition) is 3. The smallest absolute Gasteiger partial charge is 0.118 e. The Labute approximate surface area is 201 Å². The zero-order valence-electron chi connectivity index (χ0n) is 20.6. The second kappa shape index (κ2) is 9.46. The van der Waals surface area contributed by atoms with Gasteiger partial charge in [0.25, 0.3) is 0 Å². The first-order chi connectivity index (χ1) is 16.3. The van der Waals surface area contributed by atoms with Gasteiger partial charge in [0.15, 0.2) is 0 Å². The molecule has 5 rings (SSSR count). The third kappa shape index (κ3) is 4.80. The molecule has 1 aromatic heterocycles. The Morgan fingerprint density at radius 2 is 1.94 bits per heavy atom. The summed E-state index contributed by atoms with van der Waals surface area (Å²) >= 11 is 0. The monoisotopic (exact) mass is 469 g/mol. The lowest BCUT2D eigenvalue weighted by atomic mass is 9.84. The molecular weight excluding hydrogens is 432 g/mol. The van der Waals surface area contributed by atoms with Gasteiger partial charge in [-0.1, -0.05) is 24.3 Å². The first-order valence-electron chi connectivity index (χ1n) is 12.7. The summed E-state index contributed by atoms with van der Waals surface area (Å²) in [6.45, 7) is 8.93. The lowest BCUT2D eigenvalue weighted by Gasteiger charge is -2.44. The SMILES string of the molecule is C[C@@H]1Cc2c([nH]c3ccccc23)[C@@H](C2=CC=C(OCCN3CC(CF)C3)CC2)N1CC(C)(C)F. The molecule has 0 spiro atoms. The number of rotatable bonds is 8. The summed E-state index contributed by atoms with van der Waals surface area (Å²) in [4.78, 5) is 8.27. The number of fused-ring (bicyclic) bond motifs is 3. The van der Waals surface area contributed by atoms with Crippen LogP contribution in [0, 0.1) is 5.92 Å². The zero-order chi connectivity index (χ0) is 23.9. The molecular formula is C28H37F2N3O. The average molecular weight is 470 g/mol. The highest BCUT2D eigenvalue weighted by Crippen LogP contribution is 2.44. The lowest BCUT2D eigenvalue weighted by Crippen LogP contribution is -2.48. The number of alkyl halides is 2. The number of aromatic amines is 1. The lowest BCUT2D eigenvalue weighted by molar-refractivity contribution is 0.0529. The summed E-state index contributed by atoms with van der Waals surface area (Å²) in [6, 6.07) is 8.77. The number of allylic oxidation sites excluding steroid dienone is 3. The summed E-state index contributed by atoms with van der Waals surface area (Å²) in [5.41, 5.74) is 3.78. The van der Waals surface area contributed by atoms with Crippen LogP contribution in [0.25, 0.3) is 10.9 Å². The van der Waals surface area contributed by atoms with Crippen LogP contribution in [0.5, 0.6) is 0 Å². The number of aromatic nitrogens is 1. The van der Waals surface area contributed by atoms with E-state index in [1.165, 1.54) is 22.2 Å². The van der Waals surface area contributed by atoms with Crippen LogP contribution < -0.4 is 0 Å². The van der Waals surface area contributed by atoms with E-state index in [-0.39, 0.29) is 24.7 Å². The van der Waals surface area contributed by atoms with Crippen LogP contribution in [-0.2, 0) is 11.2 Å². The standard InChI is InChI=1S/C28H37F2N3O/c1-19-14-24-23-6-4-5-7-25(23)31-26(24)27(33(19)18-28(2,3)30)21-8-10-22(11-9-21)34-13-12-32-16-20(15-29)17-32/h4-8,10,19-20,27,31H,9,11-18H2,1-3H3/t19-,27-/m1/s1. The van der Waals surface area contributed by atoms with Crippen molar-refractivity contribution in [3.8, 4) is 0 Å². The van der Waals surface area contributed by atoms with Crippen LogP contribution in [0.15, 0.2) is 47.7 Å². The maximum atomic E-state index is 14.9. The molecule has 0 bridgehead atoms. The molecule has 4 nitrogen and oxygen atoms in total. The largest absolute Gasteiger partial charge is 0.497 e.